The van der Waals surface area contributed by atoms with Crippen LogP contribution < -0.4 is 33.2 Å². The molecular weight excluding hydrogens is 454 g/mol. The minimum Gasteiger partial charge on any atom is -0.481 e. The molecule has 34 heavy (non-hydrogen) atoms. The molecule has 0 radical (unpaired) electrons. The van der Waals surface area contributed by atoms with Gasteiger partial charge >= 0.3 is 11.9 Å². The predicted molar refractivity (Wildman–Crippen MR) is 117 cm³/mol. The lowest BCUT2D eigenvalue weighted by Gasteiger charge is -2.23. The number of imidazole rings is 1. The predicted octanol–water partition coefficient (Wildman–Crippen LogP) is -4.02. The topological polar surface area (TPSA) is 281 Å². The minimum absolute atomic E-state index is 0.0489. The Balaban J connectivity index is 2.93. The number of carboxylic acid groups (broad SMARTS) is 2. The van der Waals surface area contributed by atoms with Gasteiger partial charge in [0.25, 0.3) is 0 Å². The van der Waals surface area contributed by atoms with Gasteiger partial charge in [0.05, 0.1) is 19.3 Å². The summed E-state index contributed by atoms with van der Waals surface area (Å²) in [5, 5.41) is 25.4. The van der Waals surface area contributed by atoms with E-state index in [9.17, 15) is 29.1 Å². The molecule has 16 nitrogen and oxygen atoms in total. The first-order chi connectivity index (χ1) is 16.0. The number of nitrogens with two attached hydrogens (primary N) is 3. The van der Waals surface area contributed by atoms with Crippen molar-refractivity contribution in [3.05, 3.63) is 18.2 Å². The van der Waals surface area contributed by atoms with E-state index in [1.54, 1.807) is 0 Å². The van der Waals surface area contributed by atoms with Crippen LogP contribution >= 0.6 is 0 Å². The summed E-state index contributed by atoms with van der Waals surface area (Å²) < 4.78 is 0. The number of nitrogens with zero attached hydrogens (tertiary/aromatic N) is 2. The quantitative estimate of drug-likeness (QED) is 0.0657. The van der Waals surface area contributed by atoms with Gasteiger partial charge in [0, 0.05) is 24.9 Å². The van der Waals surface area contributed by atoms with Crippen molar-refractivity contribution in [1.29, 1.82) is 0 Å². The third kappa shape index (κ3) is 10.4. The van der Waals surface area contributed by atoms with E-state index in [0.29, 0.717) is 5.69 Å². The van der Waals surface area contributed by atoms with Crippen molar-refractivity contribution in [3.63, 3.8) is 0 Å². The molecule has 0 spiro atoms. The van der Waals surface area contributed by atoms with Gasteiger partial charge < -0.3 is 48.3 Å². The number of carbonyl (C=O) groups is 5. The Bertz CT molecular complexity index is 884. The molecule has 1 aromatic rings. The zero-order valence-corrected chi connectivity index (χ0v) is 18.2. The number of aliphatic imine (C=N–C) groups is 1. The molecule has 0 aliphatic carbocycles. The number of nitrogens with one attached hydrogen (secondary N) is 4. The minimum atomic E-state index is -1.62. The number of carboxylic acids is 2. The summed E-state index contributed by atoms with van der Waals surface area (Å²) in [7, 11) is 0. The molecule has 1 aromatic heterocycles. The van der Waals surface area contributed by atoms with Crippen molar-refractivity contribution in [2.24, 2.45) is 22.2 Å². The molecule has 3 amide bonds. The fourth-order valence-corrected chi connectivity index (χ4v) is 2.77. The number of aromatic amines is 1. The molecule has 0 aliphatic rings. The van der Waals surface area contributed by atoms with Crippen LogP contribution in [0.5, 0.6) is 0 Å². The van der Waals surface area contributed by atoms with Crippen molar-refractivity contribution in [3.8, 4) is 0 Å². The number of hydrogen-bond donors (Lipinski definition) is 9. The van der Waals surface area contributed by atoms with Crippen LogP contribution in [0.15, 0.2) is 17.5 Å². The number of hydrogen-bond acceptors (Lipinski definition) is 8. The first-order valence-electron chi connectivity index (χ1n) is 10.1. The maximum absolute atomic E-state index is 12.7. The largest absolute Gasteiger partial charge is 0.481 e. The van der Waals surface area contributed by atoms with Crippen LogP contribution in [0.4, 0.5) is 0 Å². The molecule has 0 saturated heterocycles. The maximum atomic E-state index is 12.7. The molecule has 188 valence electrons. The first kappa shape index (κ1) is 27.8. The SMILES string of the molecule is NCC(=O)NC(CCCN=C(N)N)C(=O)NC(CC(=O)O)C(=O)NC(Cc1cnc[nH]1)C(=O)O. The van der Waals surface area contributed by atoms with E-state index >= 15 is 0 Å². The lowest BCUT2D eigenvalue weighted by Crippen LogP contribution is -2.57. The lowest BCUT2D eigenvalue weighted by molar-refractivity contribution is -0.143. The summed E-state index contributed by atoms with van der Waals surface area (Å²) in [6, 6.07) is -4.22. The standard InChI is InChI=1S/C18H29N9O7/c19-6-13(28)25-10(2-1-3-23-18(20)21)15(31)26-11(5-14(29)30)16(32)27-12(17(33)34)4-9-7-22-8-24-9/h7-8,10-12H,1-6,19H2,(H,22,24)(H,25,28)(H,26,31)(H,27,32)(H,29,30)(H,33,34)(H4,20,21,23). The highest BCUT2D eigenvalue weighted by molar-refractivity contribution is 5.95. The van der Waals surface area contributed by atoms with Gasteiger partial charge in [0.15, 0.2) is 5.96 Å². The van der Waals surface area contributed by atoms with Gasteiger partial charge in [-0.2, -0.15) is 0 Å². The number of aliphatic carboxylic acids is 2. The molecule has 0 aromatic carbocycles. The van der Waals surface area contributed by atoms with Gasteiger partial charge in [-0.25, -0.2) is 9.78 Å². The van der Waals surface area contributed by atoms with E-state index in [1.165, 1.54) is 12.5 Å². The summed E-state index contributed by atoms with van der Waals surface area (Å²) in [4.78, 5) is 70.1. The van der Waals surface area contributed by atoms with Gasteiger partial charge in [-0.1, -0.05) is 0 Å². The zero-order valence-electron chi connectivity index (χ0n) is 18.2. The Hall–Kier alpha value is -4.21. The number of H-pyrrole nitrogens is 1. The highest BCUT2D eigenvalue weighted by Crippen LogP contribution is 2.04. The first-order valence-corrected chi connectivity index (χ1v) is 10.1. The van der Waals surface area contributed by atoms with E-state index in [2.05, 4.69) is 30.9 Å². The van der Waals surface area contributed by atoms with Gasteiger partial charge in [0.1, 0.15) is 18.1 Å². The number of aromatic nitrogens is 2. The molecule has 0 aliphatic heterocycles. The van der Waals surface area contributed by atoms with E-state index in [4.69, 9.17) is 22.3 Å². The molecule has 0 fully saturated rings. The van der Waals surface area contributed by atoms with Crippen LogP contribution in [0, 0.1) is 0 Å². The van der Waals surface area contributed by atoms with E-state index in [-0.39, 0.29) is 31.8 Å². The van der Waals surface area contributed by atoms with Crippen LogP contribution in [-0.2, 0) is 30.4 Å². The van der Waals surface area contributed by atoms with Crippen LogP contribution in [0.25, 0.3) is 0 Å². The maximum Gasteiger partial charge on any atom is 0.326 e. The average Bonchev–Trinajstić information content (AvgIpc) is 3.27. The highest BCUT2D eigenvalue weighted by Gasteiger charge is 2.31. The van der Waals surface area contributed by atoms with Crippen molar-refractivity contribution < 1.29 is 34.2 Å². The fraction of sp³-hybridized carbons (Fsp3) is 0.500. The number of carbonyl (C=O) groups excluding carboxylic acids is 3. The lowest BCUT2D eigenvalue weighted by atomic mass is 10.1. The third-order valence-corrected chi connectivity index (χ3v) is 4.39. The Morgan fingerprint density at radius 1 is 1.03 bits per heavy atom. The van der Waals surface area contributed by atoms with Gasteiger partial charge in [-0.3, -0.25) is 24.2 Å². The zero-order chi connectivity index (χ0) is 25.7. The molecule has 12 N–H and O–H groups in total. The molecule has 16 heteroatoms. The van der Waals surface area contributed by atoms with E-state index in [0.717, 1.165) is 0 Å². The van der Waals surface area contributed by atoms with Crippen molar-refractivity contribution in [2.45, 2.75) is 43.8 Å². The molecule has 3 atom stereocenters. The van der Waals surface area contributed by atoms with Crippen molar-refractivity contribution >= 4 is 35.6 Å². The number of rotatable bonds is 15. The molecule has 3 unspecified atom stereocenters. The fourth-order valence-electron chi connectivity index (χ4n) is 2.77. The Morgan fingerprint density at radius 2 is 1.68 bits per heavy atom. The van der Waals surface area contributed by atoms with Crippen LogP contribution in [0.3, 0.4) is 0 Å². The van der Waals surface area contributed by atoms with Gasteiger partial charge in [-0.15, -0.1) is 0 Å². The summed E-state index contributed by atoms with van der Waals surface area (Å²) in [6.45, 7) is -0.262. The Labute approximate surface area is 193 Å². The Morgan fingerprint density at radius 3 is 2.21 bits per heavy atom. The highest BCUT2D eigenvalue weighted by atomic mass is 16.4. The van der Waals surface area contributed by atoms with Crippen LogP contribution in [0.1, 0.15) is 25.0 Å². The van der Waals surface area contributed by atoms with Gasteiger partial charge in [-0.05, 0) is 12.8 Å². The summed E-state index contributed by atoms with van der Waals surface area (Å²) in [5.41, 5.74) is 16.2. The molecule has 1 heterocycles. The number of guanidine groups is 1. The normalized spacial score (nSPS) is 13.1. The van der Waals surface area contributed by atoms with E-state index in [1.807, 2.05) is 0 Å². The summed E-state index contributed by atoms with van der Waals surface area (Å²) in [5.74, 6) is -5.52. The smallest absolute Gasteiger partial charge is 0.326 e. The second-order valence-corrected chi connectivity index (χ2v) is 7.11. The molecule has 0 saturated carbocycles. The summed E-state index contributed by atoms with van der Waals surface area (Å²) >= 11 is 0. The third-order valence-electron chi connectivity index (χ3n) is 4.39. The summed E-state index contributed by atoms with van der Waals surface area (Å²) in [6.07, 6.45) is 2.02. The van der Waals surface area contributed by atoms with E-state index < -0.39 is 60.8 Å². The van der Waals surface area contributed by atoms with Crippen LogP contribution in [-0.4, -0.2) is 87.0 Å². The molecule has 0 bridgehead atoms. The van der Waals surface area contributed by atoms with Crippen molar-refractivity contribution in [2.75, 3.05) is 13.1 Å². The second-order valence-electron chi connectivity index (χ2n) is 7.11. The molecular formula is C18H29N9O7. The number of amides is 3. The van der Waals surface area contributed by atoms with Crippen molar-refractivity contribution in [1.82, 2.24) is 25.9 Å². The average molecular weight is 483 g/mol. The van der Waals surface area contributed by atoms with Gasteiger partial charge in [0.2, 0.25) is 17.7 Å². The second kappa shape index (κ2) is 14.0. The Kier molecular flexibility index (Phi) is 11.5. The monoisotopic (exact) mass is 483 g/mol. The van der Waals surface area contributed by atoms with Crippen LogP contribution in [0.2, 0.25) is 0 Å². The molecule has 1 rings (SSSR count).